The summed E-state index contributed by atoms with van der Waals surface area (Å²) in [6.45, 7) is 0.906. The fourth-order valence-electron chi connectivity index (χ4n) is 3.58. The average Bonchev–Trinajstić information content (AvgIpc) is 2.80. The topological polar surface area (TPSA) is 127 Å². The summed E-state index contributed by atoms with van der Waals surface area (Å²) >= 11 is 5.86. The predicted octanol–water partition coefficient (Wildman–Crippen LogP) is 3.13. The molecule has 1 unspecified atom stereocenters. The average molecular weight is 489 g/mol. The van der Waals surface area contributed by atoms with Gasteiger partial charge in [-0.05, 0) is 66.9 Å². The lowest BCUT2D eigenvalue weighted by Gasteiger charge is -2.27. The summed E-state index contributed by atoms with van der Waals surface area (Å²) in [6, 6.07) is 14.7. The standard InChI is InChI=1S/C23H25ClN4O4S/c24-17-3-5-18(6-4-17)28-33(30,31)20-8-9-22-15(11-20)1-7-19(32-22)13-26-14-21(29)16-2-10-23(25)27-12-16/h2-6,8-12,19,21,26,28-29H,1,7,13-14H2,(H2,25,27)/t19?,21-/m0/s1. The van der Waals surface area contributed by atoms with E-state index in [0.29, 0.717) is 47.4 Å². The molecule has 3 aromatic rings. The number of rotatable bonds is 8. The molecule has 10 heteroatoms. The van der Waals surface area contributed by atoms with Crippen molar-refractivity contribution >= 4 is 33.1 Å². The van der Waals surface area contributed by atoms with Crippen molar-refractivity contribution in [3.8, 4) is 5.75 Å². The van der Waals surface area contributed by atoms with Gasteiger partial charge in [-0.2, -0.15) is 0 Å². The number of sulfonamides is 1. The van der Waals surface area contributed by atoms with Crippen molar-refractivity contribution in [2.45, 2.75) is 29.9 Å². The highest BCUT2D eigenvalue weighted by Gasteiger charge is 2.23. The highest BCUT2D eigenvalue weighted by Crippen LogP contribution is 2.30. The molecule has 0 saturated heterocycles. The number of aryl methyl sites for hydroxylation is 1. The summed E-state index contributed by atoms with van der Waals surface area (Å²) in [5.41, 5.74) is 7.54. The van der Waals surface area contributed by atoms with E-state index in [1.165, 1.54) is 6.07 Å². The second kappa shape index (κ2) is 9.96. The summed E-state index contributed by atoms with van der Waals surface area (Å²) in [5.74, 6) is 1.08. The molecule has 5 N–H and O–H groups in total. The zero-order valence-electron chi connectivity index (χ0n) is 17.7. The Hall–Kier alpha value is -2.85. The van der Waals surface area contributed by atoms with E-state index in [2.05, 4.69) is 15.0 Å². The molecule has 0 aliphatic carbocycles. The fourth-order valence-corrected chi connectivity index (χ4v) is 4.81. The maximum atomic E-state index is 12.7. The third-order valence-electron chi connectivity index (χ3n) is 5.37. The molecule has 1 aliphatic heterocycles. The minimum atomic E-state index is -3.73. The van der Waals surface area contributed by atoms with Gasteiger partial charge >= 0.3 is 0 Å². The van der Waals surface area contributed by atoms with Crippen molar-refractivity contribution in [3.63, 3.8) is 0 Å². The number of pyridine rings is 1. The predicted molar refractivity (Wildman–Crippen MR) is 128 cm³/mol. The van der Waals surface area contributed by atoms with Gasteiger partial charge in [0.1, 0.15) is 17.7 Å². The van der Waals surface area contributed by atoms with Gasteiger partial charge in [-0.25, -0.2) is 13.4 Å². The van der Waals surface area contributed by atoms with Crippen LogP contribution in [-0.2, 0) is 16.4 Å². The molecule has 0 amide bonds. The molecule has 0 bridgehead atoms. The molecule has 33 heavy (non-hydrogen) atoms. The van der Waals surface area contributed by atoms with E-state index in [-0.39, 0.29) is 11.0 Å². The van der Waals surface area contributed by atoms with Gasteiger partial charge in [-0.3, -0.25) is 4.72 Å². The third kappa shape index (κ3) is 5.94. The highest BCUT2D eigenvalue weighted by molar-refractivity contribution is 7.92. The van der Waals surface area contributed by atoms with E-state index in [4.69, 9.17) is 22.1 Å². The van der Waals surface area contributed by atoms with Crippen molar-refractivity contribution in [2.75, 3.05) is 23.5 Å². The molecule has 0 spiro atoms. The summed E-state index contributed by atoms with van der Waals surface area (Å²) in [6.07, 6.45) is 2.20. The van der Waals surface area contributed by atoms with Gasteiger partial charge in [-0.1, -0.05) is 17.7 Å². The molecule has 174 valence electrons. The molecule has 8 nitrogen and oxygen atoms in total. The van der Waals surface area contributed by atoms with Crippen molar-refractivity contribution in [1.82, 2.24) is 10.3 Å². The molecule has 1 aliphatic rings. The molecule has 1 aromatic heterocycles. The lowest BCUT2D eigenvalue weighted by Crippen LogP contribution is -2.36. The van der Waals surface area contributed by atoms with Gasteiger partial charge in [-0.15, -0.1) is 0 Å². The number of nitrogen functional groups attached to an aromatic ring is 1. The minimum absolute atomic E-state index is 0.0797. The fraction of sp³-hybridized carbons (Fsp3) is 0.261. The van der Waals surface area contributed by atoms with Gasteiger partial charge in [0, 0.05) is 35.6 Å². The second-order valence-corrected chi connectivity index (χ2v) is 9.97. The first-order valence-electron chi connectivity index (χ1n) is 10.5. The monoisotopic (exact) mass is 488 g/mol. The van der Waals surface area contributed by atoms with Crippen LogP contribution in [0.5, 0.6) is 5.75 Å². The van der Waals surface area contributed by atoms with Crippen LogP contribution in [0.15, 0.2) is 65.7 Å². The zero-order chi connectivity index (χ0) is 23.4. The van der Waals surface area contributed by atoms with Crippen molar-refractivity contribution in [3.05, 3.63) is 76.9 Å². The molecular formula is C23H25ClN4O4S. The van der Waals surface area contributed by atoms with Crippen LogP contribution in [0.2, 0.25) is 5.02 Å². The molecule has 0 fully saturated rings. The number of aliphatic hydroxyl groups is 1. The maximum Gasteiger partial charge on any atom is 0.261 e. The number of fused-ring (bicyclic) bond motifs is 1. The Kier molecular flexibility index (Phi) is 7.04. The van der Waals surface area contributed by atoms with E-state index in [0.717, 1.165) is 12.0 Å². The molecular weight excluding hydrogens is 464 g/mol. The Morgan fingerprint density at radius 3 is 2.70 bits per heavy atom. The normalized spacial score (nSPS) is 16.5. The van der Waals surface area contributed by atoms with Gasteiger partial charge in [0.05, 0.1) is 11.0 Å². The largest absolute Gasteiger partial charge is 0.489 e. The van der Waals surface area contributed by atoms with E-state index >= 15 is 0 Å². The number of ether oxygens (including phenoxy) is 1. The molecule has 4 rings (SSSR count). The van der Waals surface area contributed by atoms with Crippen LogP contribution >= 0.6 is 11.6 Å². The Bertz CT molecular complexity index is 1200. The van der Waals surface area contributed by atoms with Crippen molar-refractivity contribution in [1.29, 1.82) is 0 Å². The first kappa shape index (κ1) is 23.3. The maximum absolute atomic E-state index is 12.7. The van der Waals surface area contributed by atoms with Crippen molar-refractivity contribution < 1.29 is 18.3 Å². The zero-order valence-corrected chi connectivity index (χ0v) is 19.3. The van der Waals surface area contributed by atoms with Crippen LogP contribution < -0.4 is 20.5 Å². The Labute approximate surface area is 197 Å². The van der Waals surface area contributed by atoms with Gasteiger partial charge in [0.2, 0.25) is 0 Å². The number of nitrogens with two attached hydrogens (primary N) is 1. The van der Waals surface area contributed by atoms with Crippen LogP contribution in [0.1, 0.15) is 23.7 Å². The Morgan fingerprint density at radius 2 is 1.97 bits per heavy atom. The lowest BCUT2D eigenvalue weighted by molar-refractivity contribution is 0.146. The first-order chi connectivity index (χ1) is 15.8. The van der Waals surface area contributed by atoms with E-state index < -0.39 is 16.1 Å². The van der Waals surface area contributed by atoms with Gasteiger partial charge in [0.15, 0.2) is 0 Å². The van der Waals surface area contributed by atoms with Crippen LogP contribution in [0.3, 0.4) is 0 Å². The van der Waals surface area contributed by atoms with Crippen LogP contribution in [-0.4, -0.2) is 37.7 Å². The van der Waals surface area contributed by atoms with Gasteiger partial charge in [0.25, 0.3) is 10.0 Å². The van der Waals surface area contributed by atoms with E-state index in [1.807, 2.05) is 0 Å². The smallest absolute Gasteiger partial charge is 0.261 e. The number of hydrogen-bond acceptors (Lipinski definition) is 7. The molecule has 0 saturated carbocycles. The van der Waals surface area contributed by atoms with Crippen LogP contribution in [0, 0.1) is 0 Å². The first-order valence-corrected chi connectivity index (χ1v) is 12.3. The number of hydrogen-bond donors (Lipinski definition) is 4. The molecule has 2 atom stereocenters. The van der Waals surface area contributed by atoms with E-state index in [9.17, 15) is 13.5 Å². The number of aromatic nitrogens is 1. The number of aliphatic hydroxyl groups excluding tert-OH is 1. The highest BCUT2D eigenvalue weighted by atomic mass is 35.5. The van der Waals surface area contributed by atoms with Gasteiger partial charge < -0.3 is 20.9 Å². The summed E-state index contributed by atoms with van der Waals surface area (Å²) in [4.78, 5) is 4.16. The molecule has 2 heterocycles. The minimum Gasteiger partial charge on any atom is -0.489 e. The number of benzene rings is 2. The summed E-state index contributed by atoms with van der Waals surface area (Å²) in [5, 5.41) is 14.0. The van der Waals surface area contributed by atoms with Crippen LogP contribution in [0.25, 0.3) is 0 Å². The quantitative estimate of drug-likeness (QED) is 0.383. The molecule has 0 radical (unpaired) electrons. The number of anilines is 2. The Balaban J connectivity index is 1.33. The Morgan fingerprint density at radius 1 is 1.18 bits per heavy atom. The summed E-state index contributed by atoms with van der Waals surface area (Å²) in [7, 11) is -3.73. The number of nitrogens with zero attached hydrogens (tertiary/aromatic N) is 1. The SMILES string of the molecule is Nc1ccc([C@@H](O)CNCC2CCc3cc(S(=O)(=O)Nc4ccc(Cl)cc4)ccc3O2)cn1. The number of halogens is 1. The van der Waals surface area contributed by atoms with E-state index in [1.54, 1.807) is 54.7 Å². The third-order valence-corrected chi connectivity index (χ3v) is 7.00. The van der Waals surface area contributed by atoms with Crippen LogP contribution in [0.4, 0.5) is 11.5 Å². The number of nitrogens with one attached hydrogen (secondary N) is 2. The van der Waals surface area contributed by atoms with Crippen molar-refractivity contribution in [2.24, 2.45) is 0 Å². The second-order valence-electron chi connectivity index (χ2n) is 7.85. The summed E-state index contributed by atoms with van der Waals surface area (Å²) < 4.78 is 34.1. The molecule has 2 aromatic carbocycles. The lowest BCUT2D eigenvalue weighted by atomic mass is 10.0.